The number of hydrazone groups is 1. The molecular formula is C13H12F4N2O2. The van der Waals surface area contributed by atoms with E-state index in [1.807, 2.05) is 0 Å². The molecule has 1 aromatic carbocycles. The summed E-state index contributed by atoms with van der Waals surface area (Å²) in [5, 5.41) is 13.1. The molecule has 0 spiro atoms. The number of hydrogen-bond acceptors (Lipinski definition) is 3. The fraction of sp³-hybridized carbons (Fsp3) is 0.385. The highest BCUT2D eigenvalue weighted by Gasteiger charge is 2.53. The molecule has 1 aromatic rings. The third-order valence-electron chi connectivity index (χ3n) is 3.07. The van der Waals surface area contributed by atoms with Gasteiger partial charge in [-0.05, 0) is 5.56 Å². The summed E-state index contributed by atoms with van der Waals surface area (Å²) >= 11 is 0. The Morgan fingerprint density at radius 1 is 1.29 bits per heavy atom. The van der Waals surface area contributed by atoms with Gasteiger partial charge in [0.25, 0.3) is 12.9 Å². The molecule has 0 fully saturated rings. The minimum Gasteiger partial charge on any atom is -0.364 e. The van der Waals surface area contributed by atoms with E-state index < -0.39 is 36.6 Å². The van der Waals surface area contributed by atoms with E-state index in [1.165, 1.54) is 0 Å². The van der Waals surface area contributed by atoms with E-state index in [-0.39, 0.29) is 11.4 Å². The van der Waals surface area contributed by atoms with Crippen LogP contribution in [0.4, 0.5) is 17.6 Å². The lowest BCUT2D eigenvalue weighted by Crippen LogP contribution is -2.52. The Balaban J connectivity index is 2.23. The lowest BCUT2D eigenvalue weighted by molar-refractivity contribution is -0.191. The van der Waals surface area contributed by atoms with Crippen LogP contribution in [-0.4, -0.2) is 40.3 Å². The SMILES string of the molecule is O=C(Cc1ccccc1)N1N=C(C(F)F)C[C@@]1(O)C(F)F. The van der Waals surface area contributed by atoms with E-state index in [0.29, 0.717) is 5.56 Å². The Hall–Kier alpha value is -1.96. The highest BCUT2D eigenvalue weighted by atomic mass is 19.3. The first-order valence-corrected chi connectivity index (χ1v) is 6.07. The normalized spacial score (nSPS) is 22.0. The monoisotopic (exact) mass is 304 g/mol. The molecule has 1 atom stereocenters. The molecule has 1 heterocycles. The maximum absolute atomic E-state index is 12.9. The molecular weight excluding hydrogens is 292 g/mol. The summed E-state index contributed by atoms with van der Waals surface area (Å²) in [6.07, 6.45) is -7.90. The molecule has 1 amide bonds. The third kappa shape index (κ3) is 3.05. The van der Waals surface area contributed by atoms with E-state index in [2.05, 4.69) is 5.10 Å². The lowest BCUT2D eigenvalue weighted by Gasteiger charge is -2.30. The van der Waals surface area contributed by atoms with Crippen molar-refractivity contribution in [3.8, 4) is 0 Å². The topological polar surface area (TPSA) is 52.9 Å². The first-order valence-electron chi connectivity index (χ1n) is 6.07. The van der Waals surface area contributed by atoms with Crippen LogP contribution >= 0.6 is 0 Å². The van der Waals surface area contributed by atoms with Gasteiger partial charge in [-0.25, -0.2) is 17.6 Å². The molecule has 1 N–H and O–H groups in total. The number of rotatable bonds is 4. The van der Waals surface area contributed by atoms with Gasteiger partial charge in [0.15, 0.2) is 0 Å². The summed E-state index contributed by atoms with van der Waals surface area (Å²) in [5.41, 5.74) is -3.45. The molecule has 1 aliphatic rings. The van der Waals surface area contributed by atoms with Gasteiger partial charge in [0.1, 0.15) is 5.71 Å². The molecule has 2 rings (SSSR count). The van der Waals surface area contributed by atoms with Crippen LogP contribution in [0, 0.1) is 0 Å². The molecule has 0 saturated heterocycles. The maximum Gasteiger partial charge on any atom is 0.287 e. The van der Waals surface area contributed by atoms with Gasteiger partial charge in [0, 0.05) is 6.42 Å². The molecule has 0 bridgehead atoms. The summed E-state index contributed by atoms with van der Waals surface area (Å²) in [7, 11) is 0. The highest BCUT2D eigenvalue weighted by molar-refractivity contribution is 5.93. The van der Waals surface area contributed by atoms with E-state index in [1.54, 1.807) is 30.3 Å². The van der Waals surface area contributed by atoms with Gasteiger partial charge in [0.05, 0.1) is 6.42 Å². The Labute approximate surface area is 117 Å². The number of nitrogens with zero attached hydrogens (tertiary/aromatic N) is 2. The average Bonchev–Trinajstić information content (AvgIpc) is 2.80. The highest BCUT2D eigenvalue weighted by Crippen LogP contribution is 2.33. The molecule has 1 aliphatic heterocycles. The number of hydrogen-bond donors (Lipinski definition) is 1. The summed E-state index contributed by atoms with van der Waals surface area (Å²) in [5.74, 6) is -0.973. The predicted octanol–water partition coefficient (Wildman–Crippen LogP) is 2.04. The van der Waals surface area contributed by atoms with Gasteiger partial charge >= 0.3 is 0 Å². The first kappa shape index (κ1) is 15.4. The number of amides is 1. The molecule has 0 saturated carbocycles. The Morgan fingerprint density at radius 2 is 1.90 bits per heavy atom. The van der Waals surface area contributed by atoms with Crippen LogP contribution in [0.15, 0.2) is 35.4 Å². The summed E-state index contributed by atoms with van der Waals surface area (Å²) in [6.45, 7) is 0. The van der Waals surface area contributed by atoms with Crippen LogP contribution < -0.4 is 0 Å². The molecule has 8 heteroatoms. The quantitative estimate of drug-likeness (QED) is 0.865. The smallest absolute Gasteiger partial charge is 0.287 e. The Bertz CT molecular complexity index is 550. The van der Waals surface area contributed by atoms with Crippen molar-refractivity contribution in [3.63, 3.8) is 0 Å². The number of halogens is 4. The second kappa shape index (κ2) is 5.80. The summed E-state index contributed by atoms with van der Waals surface area (Å²) in [4.78, 5) is 12.0. The molecule has 0 aromatic heterocycles. The second-order valence-electron chi connectivity index (χ2n) is 4.62. The van der Waals surface area contributed by atoms with Gasteiger partial charge in [-0.2, -0.15) is 10.1 Å². The first-order chi connectivity index (χ1) is 9.84. The van der Waals surface area contributed by atoms with Gasteiger partial charge in [0.2, 0.25) is 11.6 Å². The number of carbonyl (C=O) groups is 1. The van der Waals surface area contributed by atoms with Gasteiger partial charge in [-0.1, -0.05) is 30.3 Å². The number of alkyl halides is 4. The van der Waals surface area contributed by atoms with Crippen molar-refractivity contribution in [2.75, 3.05) is 0 Å². The van der Waals surface area contributed by atoms with Crippen molar-refractivity contribution in [2.45, 2.75) is 31.4 Å². The van der Waals surface area contributed by atoms with Crippen molar-refractivity contribution in [1.82, 2.24) is 5.01 Å². The Morgan fingerprint density at radius 3 is 2.43 bits per heavy atom. The maximum atomic E-state index is 12.9. The molecule has 0 aliphatic carbocycles. The largest absolute Gasteiger partial charge is 0.364 e. The number of benzene rings is 1. The zero-order valence-electron chi connectivity index (χ0n) is 10.7. The standard InChI is InChI=1S/C13H12F4N2O2/c14-11(15)9-7-13(21,12(16)17)19(18-9)10(20)6-8-4-2-1-3-5-8/h1-5,11-12,21H,6-7H2/t13-/m1/s1. The van der Waals surface area contributed by atoms with E-state index in [4.69, 9.17) is 0 Å². The van der Waals surface area contributed by atoms with Crippen LogP contribution in [-0.2, 0) is 11.2 Å². The zero-order chi connectivity index (χ0) is 15.6. The van der Waals surface area contributed by atoms with Crippen molar-refractivity contribution in [2.24, 2.45) is 5.10 Å². The van der Waals surface area contributed by atoms with Gasteiger partial charge in [-0.15, -0.1) is 0 Å². The summed E-state index contributed by atoms with van der Waals surface area (Å²) in [6, 6.07) is 8.13. The van der Waals surface area contributed by atoms with E-state index in [0.717, 1.165) is 0 Å². The van der Waals surface area contributed by atoms with E-state index >= 15 is 0 Å². The van der Waals surface area contributed by atoms with Crippen LogP contribution in [0.3, 0.4) is 0 Å². The summed E-state index contributed by atoms with van der Waals surface area (Å²) < 4.78 is 51.1. The minimum atomic E-state index is -3.41. The van der Waals surface area contributed by atoms with E-state index in [9.17, 15) is 27.5 Å². The van der Waals surface area contributed by atoms with Gasteiger partial charge < -0.3 is 5.11 Å². The van der Waals surface area contributed by atoms with Crippen molar-refractivity contribution in [3.05, 3.63) is 35.9 Å². The fourth-order valence-corrected chi connectivity index (χ4v) is 2.00. The molecule has 0 radical (unpaired) electrons. The Kier molecular flexibility index (Phi) is 4.26. The van der Waals surface area contributed by atoms with Crippen molar-refractivity contribution >= 4 is 11.6 Å². The number of aliphatic hydroxyl groups is 1. The molecule has 114 valence electrons. The van der Waals surface area contributed by atoms with Crippen LogP contribution in [0.5, 0.6) is 0 Å². The fourth-order valence-electron chi connectivity index (χ4n) is 2.00. The van der Waals surface area contributed by atoms with Crippen LogP contribution in [0.25, 0.3) is 0 Å². The molecule has 21 heavy (non-hydrogen) atoms. The number of carbonyl (C=O) groups excluding carboxylic acids is 1. The minimum absolute atomic E-state index is 0.0756. The van der Waals surface area contributed by atoms with Crippen molar-refractivity contribution in [1.29, 1.82) is 0 Å². The predicted molar refractivity (Wildman–Crippen MR) is 66.0 cm³/mol. The lowest BCUT2D eigenvalue weighted by atomic mass is 10.1. The third-order valence-corrected chi connectivity index (χ3v) is 3.07. The van der Waals surface area contributed by atoms with Crippen LogP contribution in [0.1, 0.15) is 12.0 Å². The second-order valence-corrected chi connectivity index (χ2v) is 4.62. The van der Waals surface area contributed by atoms with Gasteiger partial charge in [-0.3, -0.25) is 4.79 Å². The molecule has 4 nitrogen and oxygen atoms in total. The zero-order valence-corrected chi connectivity index (χ0v) is 10.7. The van der Waals surface area contributed by atoms with Crippen molar-refractivity contribution < 1.29 is 27.5 Å². The average molecular weight is 304 g/mol. The molecule has 0 unspecified atom stereocenters. The van der Waals surface area contributed by atoms with Crippen LogP contribution in [0.2, 0.25) is 0 Å².